The van der Waals surface area contributed by atoms with Gasteiger partial charge in [0.05, 0.1) is 6.54 Å². The van der Waals surface area contributed by atoms with Crippen LogP contribution < -0.4 is 0 Å². The Bertz CT molecular complexity index is 948. The van der Waals surface area contributed by atoms with Crippen molar-refractivity contribution in [1.82, 2.24) is 20.0 Å². The van der Waals surface area contributed by atoms with Crippen molar-refractivity contribution < 1.29 is 13.7 Å². The number of pyridine rings is 1. The van der Waals surface area contributed by atoms with Gasteiger partial charge in [0.15, 0.2) is 0 Å². The third-order valence-corrected chi connectivity index (χ3v) is 5.24. The second kappa shape index (κ2) is 8.51. The van der Waals surface area contributed by atoms with Crippen LogP contribution in [0.4, 0.5) is 4.39 Å². The molecule has 0 radical (unpaired) electrons. The minimum absolute atomic E-state index is 0.0310. The molecule has 1 aliphatic heterocycles. The standard InChI is InChI=1S/C22H23FN4O2/c23-22(21-25-20(26-29-21)18-10-13-24-14-11-18)12-5-15-27(16-22)19(28)9-4-8-17-6-2-1-3-7-17/h1-3,6-7,10-11,13-14H,4-5,8-9,12,15-16H2. The van der Waals surface area contributed by atoms with Crippen molar-refractivity contribution in [2.24, 2.45) is 0 Å². The molecule has 3 aromatic rings. The van der Waals surface area contributed by atoms with Gasteiger partial charge in [0.1, 0.15) is 0 Å². The Morgan fingerprint density at radius 3 is 2.76 bits per heavy atom. The van der Waals surface area contributed by atoms with E-state index >= 15 is 4.39 Å². The molecule has 7 heteroatoms. The Balaban J connectivity index is 1.38. The predicted octanol–water partition coefficient (Wildman–Crippen LogP) is 3.94. The summed E-state index contributed by atoms with van der Waals surface area (Å²) in [6.07, 6.45) is 6.04. The van der Waals surface area contributed by atoms with Crippen LogP contribution in [0.5, 0.6) is 0 Å². The number of carbonyl (C=O) groups is 1. The van der Waals surface area contributed by atoms with Crippen LogP contribution in [0.3, 0.4) is 0 Å². The van der Waals surface area contributed by atoms with Gasteiger partial charge >= 0.3 is 0 Å². The normalized spacial score (nSPS) is 19.3. The van der Waals surface area contributed by atoms with Crippen molar-refractivity contribution in [1.29, 1.82) is 0 Å². The van der Waals surface area contributed by atoms with E-state index in [0.29, 0.717) is 30.8 Å². The van der Waals surface area contributed by atoms with E-state index in [4.69, 9.17) is 4.52 Å². The van der Waals surface area contributed by atoms with Crippen LogP contribution in [-0.2, 0) is 16.9 Å². The molecule has 1 saturated heterocycles. The van der Waals surface area contributed by atoms with Crippen LogP contribution >= 0.6 is 0 Å². The molecule has 1 atom stereocenters. The van der Waals surface area contributed by atoms with Crippen LogP contribution in [0.2, 0.25) is 0 Å². The topological polar surface area (TPSA) is 72.1 Å². The van der Waals surface area contributed by atoms with Gasteiger partial charge in [-0.25, -0.2) is 4.39 Å². The number of halogens is 1. The summed E-state index contributed by atoms with van der Waals surface area (Å²) >= 11 is 0. The molecule has 0 bridgehead atoms. The molecule has 1 amide bonds. The zero-order valence-corrected chi connectivity index (χ0v) is 16.1. The van der Waals surface area contributed by atoms with E-state index < -0.39 is 5.67 Å². The first-order valence-electron chi connectivity index (χ1n) is 9.89. The SMILES string of the molecule is O=C(CCCc1ccccc1)N1CCCC(F)(c2nc(-c3ccncc3)no2)C1. The minimum Gasteiger partial charge on any atom is -0.339 e. The number of likely N-dealkylation sites (tertiary alicyclic amines) is 1. The highest BCUT2D eigenvalue weighted by atomic mass is 19.1. The fraction of sp³-hybridized carbons (Fsp3) is 0.364. The molecule has 4 rings (SSSR count). The molecule has 0 saturated carbocycles. The van der Waals surface area contributed by atoms with Gasteiger partial charge in [0.25, 0.3) is 5.89 Å². The maximum atomic E-state index is 15.6. The van der Waals surface area contributed by atoms with E-state index in [-0.39, 0.29) is 24.8 Å². The van der Waals surface area contributed by atoms with Crippen molar-refractivity contribution in [2.75, 3.05) is 13.1 Å². The number of hydrogen-bond donors (Lipinski definition) is 0. The van der Waals surface area contributed by atoms with Crippen molar-refractivity contribution in [3.8, 4) is 11.4 Å². The maximum absolute atomic E-state index is 15.6. The Hall–Kier alpha value is -3.09. The highest BCUT2D eigenvalue weighted by molar-refractivity contribution is 5.76. The molecular weight excluding hydrogens is 371 g/mol. The molecule has 150 valence electrons. The largest absolute Gasteiger partial charge is 0.339 e. The highest BCUT2D eigenvalue weighted by Gasteiger charge is 2.43. The van der Waals surface area contributed by atoms with Crippen molar-refractivity contribution in [2.45, 2.75) is 37.8 Å². The molecule has 1 aromatic carbocycles. The summed E-state index contributed by atoms with van der Waals surface area (Å²) < 4.78 is 20.9. The van der Waals surface area contributed by atoms with E-state index in [1.807, 2.05) is 30.3 Å². The number of hydrogen-bond acceptors (Lipinski definition) is 5. The van der Waals surface area contributed by atoms with Crippen LogP contribution in [0.15, 0.2) is 59.4 Å². The van der Waals surface area contributed by atoms with Gasteiger partial charge in [-0.3, -0.25) is 9.78 Å². The lowest BCUT2D eigenvalue weighted by Crippen LogP contribution is -2.46. The fourth-order valence-electron chi connectivity index (χ4n) is 3.67. The molecule has 1 aliphatic rings. The van der Waals surface area contributed by atoms with Crippen LogP contribution in [0, 0.1) is 0 Å². The molecule has 29 heavy (non-hydrogen) atoms. The van der Waals surface area contributed by atoms with Crippen LogP contribution in [0.25, 0.3) is 11.4 Å². The molecule has 1 unspecified atom stereocenters. The summed E-state index contributed by atoms with van der Waals surface area (Å²) in [7, 11) is 0. The maximum Gasteiger partial charge on any atom is 0.266 e. The number of piperidine rings is 1. The van der Waals surface area contributed by atoms with E-state index in [1.165, 1.54) is 5.56 Å². The summed E-state index contributed by atoms with van der Waals surface area (Å²) in [5.41, 5.74) is 0.0996. The molecular formula is C22H23FN4O2. The van der Waals surface area contributed by atoms with Crippen molar-refractivity contribution in [3.05, 3.63) is 66.3 Å². The van der Waals surface area contributed by atoms with E-state index in [1.54, 1.807) is 29.4 Å². The average Bonchev–Trinajstić information content (AvgIpc) is 3.26. The molecule has 2 aromatic heterocycles. The zero-order valence-electron chi connectivity index (χ0n) is 16.1. The van der Waals surface area contributed by atoms with E-state index in [0.717, 1.165) is 12.8 Å². The number of amides is 1. The number of rotatable bonds is 6. The first-order valence-corrected chi connectivity index (χ1v) is 9.89. The Morgan fingerprint density at radius 2 is 1.97 bits per heavy atom. The summed E-state index contributed by atoms with van der Waals surface area (Å²) in [5.74, 6) is 0.230. The van der Waals surface area contributed by atoms with Gasteiger partial charge in [-0.2, -0.15) is 4.98 Å². The Labute approximate surface area is 168 Å². The lowest BCUT2D eigenvalue weighted by molar-refractivity contribution is -0.136. The lowest BCUT2D eigenvalue weighted by atomic mass is 9.94. The number of aromatic nitrogens is 3. The average molecular weight is 394 g/mol. The molecule has 0 aliphatic carbocycles. The zero-order chi connectivity index (χ0) is 20.1. The van der Waals surface area contributed by atoms with Gasteiger partial charge in [-0.05, 0) is 43.4 Å². The minimum atomic E-state index is -1.81. The molecule has 0 spiro atoms. The Morgan fingerprint density at radius 1 is 1.17 bits per heavy atom. The fourth-order valence-corrected chi connectivity index (χ4v) is 3.67. The smallest absolute Gasteiger partial charge is 0.266 e. The number of carbonyl (C=O) groups excluding carboxylic acids is 1. The summed E-state index contributed by atoms with van der Waals surface area (Å²) in [5, 5.41) is 3.90. The van der Waals surface area contributed by atoms with Gasteiger partial charge < -0.3 is 9.42 Å². The molecule has 3 heterocycles. The third-order valence-electron chi connectivity index (χ3n) is 5.24. The number of alkyl halides is 1. The van der Waals surface area contributed by atoms with Gasteiger partial charge in [-0.1, -0.05) is 35.5 Å². The van der Waals surface area contributed by atoms with E-state index in [9.17, 15) is 4.79 Å². The second-order valence-corrected chi connectivity index (χ2v) is 7.38. The Kier molecular flexibility index (Phi) is 5.64. The van der Waals surface area contributed by atoms with Gasteiger partial charge in [0, 0.05) is 30.9 Å². The third kappa shape index (κ3) is 4.50. The van der Waals surface area contributed by atoms with Crippen molar-refractivity contribution >= 4 is 5.91 Å². The van der Waals surface area contributed by atoms with Crippen LogP contribution in [0.1, 0.15) is 37.1 Å². The first kappa shape index (κ1) is 19.2. The number of benzene rings is 1. The molecule has 1 fully saturated rings. The summed E-state index contributed by atoms with van der Waals surface area (Å²) in [6.45, 7) is 0.510. The number of nitrogens with zero attached hydrogens (tertiary/aromatic N) is 4. The monoisotopic (exact) mass is 394 g/mol. The summed E-state index contributed by atoms with van der Waals surface area (Å²) in [6, 6.07) is 13.5. The highest BCUT2D eigenvalue weighted by Crippen LogP contribution is 2.35. The first-order chi connectivity index (χ1) is 14.1. The van der Waals surface area contributed by atoms with E-state index in [2.05, 4.69) is 15.1 Å². The predicted molar refractivity (Wildman–Crippen MR) is 106 cm³/mol. The second-order valence-electron chi connectivity index (χ2n) is 7.38. The van der Waals surface area contributed by atoms with Gasteiger partial charge in [-0.15, -0.1) is 0 Å². The quantitative estimate of drug-likeness (QED) is 0.633. The molecule has 6 nitrogen and oxygen atoms in total. The van der Waals surface area contributed by atoms with Crippen LogP contribution in [-0.4, -0.2) is 39.0 Å². The molecule has 0 N–H and O–H groups in total. The van der Waals surface area contributed by atoms with Gasteiger partial charge in [0.2, 0.25) is 17.4 Å². The number of aryl methyl sites for hydroxylation is 1. The van der Waals surface area contributed by atoms with Crippen molar-refractivity contribution in [3.63, 3.8) is 0 Å². The lowest BCUT2D eigenvalue weighted by Gasteiger charge is -2.35. The summed E-state index contributed by atoms with van der Waals surface area (Å²) in [4.78, 5) is 22.4.